The van der Waals surface area contributed by atoms with E-state index in [0.717, 1.165) is 0 Å². The Bertz CT molecular complexity index is 1170. The predicted molar refractivity (Wildman–Crippen MR) is 120 cm³/mol. The molecular formula is C21H22ClFN6O3. The van der Waals surface area contributed by atoms with Crippen LogP contribution < -0.4 is 27.4 Å². The van der Waals surface area contributed by atoms with Crippen molar-refractivity contribution in [3.8, 4) is 0 Å². The third-order valence-electron chi connectivity index (χ3n) is 4.76. The molecule has 0 radical (unpaired) electrons. The van der Waals surface area contributed by atoms with Crippen LogP contribution in [0.3, 0.4) is 0 Å². The highest BCUT2D eigenvalue weighted by atomic mass is 35.5. The second-order valence-corrected chi connectivity index (χ2v) is 7.33. The van der Waals surface area contributed by atoms with E-state index in [4.69, 9.17) is 23.1 Å². The first-order chi connectivity index (χ1) is 15.3. The summed E-state index contributed by atoms with van der Waals surface area (Å²) in [4.78, 5) is 36.8. The molecule has 11 heteroatoms. The summed E-state index contributed by atoms with van der Waals surface area (Å²) in [6.07, 6.45) is 1.55. The highest BCUT2D eigenvalue weighted by Gasteiger charge is 2.21. The Morgan fingerprint density at radius 2 is 1.88 bits per heavy atom. The zero-order valence-electron chi connectivity index (χ0n) is 16.9. The zero-order valence-corrected chi connectivity index (χ0v) is 17.7. The first-order valence-electron chi connectivity index (χ1n) is 9.70. The van der Waals surface area contributed by atoms with Crippen LogP contribution in [0.1, 0.15) is 12.0 Å². The Balaban J connectivity index is 1.69. The average Bonchev–Trinajstić information content (AvgIpc) is 3.13. The van der Waals surface area contributed by atoms with Crippen LogP contribution in [0.25, 0.3) is 10.9 Å². The molecule has 1 atom stereocenters. The molecular weight excluding hydrogens is 439 g/mol. The van der Waals surface area contributed by atoms with Crippen molar-refractivity contribution in [3.63, 3.8) is 0 Å². The van der Waals surface area contributed by atoms with Gasteiger partial charge in [0.15, 0.2) is 0 Å². The van der Waals surface area contributed by atoms with Crippen molar-refractivity contribution in [2.75, 3.05) is 11.9 Å². The number of nitrogens with zero attached hydrogens (tertiary/aromatic N) is 1. The van der Waals surface area contributed by atoms with Gasteiger partial charge >= 0.3 is 12.1 Å². The molecule has 0 fully saturated rings. The Hall–Kier alpha value is -3.63. The van der Waals surface area contributed by atoms with Gasteiger partial charge in [-0.3, -0.25) is 9.36 Å². The number of anilines is 1. The summed E-state index contributed by atoms with van der Waals surface area (Å²) >= 11 is 5.75. The van der Waals surface area contributed by atoms with Crippen molar-refractivity contribution < 1.29 is 18.8 Å². The molecule has 2 aromatic carbocycles. The lowest BCUT2D eigenvalue weighted by Gasteiger charge is -2.18. The second-order valence-electron chi connectivity index (χ2n) is 6.93. The van der Waals surface area contributed by atoms with Gasteiger partial charge in [0, 0.05) is 23.7 Å². The van der Waals surface area contributed by atoms with Crippen molar-refractivity contribution in [2.24, 2.45) is 11.5 Å². The largest absolute Gasteiger partial charge is 0.351 e. The summed E-state index contributed by atoms with van der Waals surface area (Å²) < 4.78 is 15.2. The lowest BCUT2D eigenvalue weighted by Crippen LogP contribution is -2.48. The minimum atomic E-state index is -0.966. The van der Waals surface area contributed by atoms with Crippen LogP contribution in [-0.2, 0) is 11.3 Å². The topological polar surface area (TPSA) is 144 Å². The van der Waals surface area contributed by atoms with Gasteiger partial charge in [0.2, 0.25) is 5.91 Å². The van der Waals surface area contributed by atoms with Crippen molar-refractivity contribution in [3.05, 3.63) is 65.1 Å². The fraction of sp³-hybridized carbons (Fsp3) is 0.190. The molecule has 1 aromatic heterocycles. The van der Waals surface area contributed by atoms with E-state index >= 15 is 0 Å². The van der Waals surface area contributed by atoms with E-state index in [1.54, 1.807) is 30.3 Å². The number of urea groups is 1. The molecule has 0 saturated carbocycles. The monoisotopic (exact) mass is 460 g/mol. The number of benzene rings is 2. The van der Waals surface area contributed by atoms with Gasteiger partial charge in [-0.05, 0) is 25.1 Å². The second kappa shape index (κ2) is 10.1. The van der Waals surface area contributed by atoms with Crippen molar-refractivity contribution in [1.29, 1.82) is 0 Å². The van der Waals surface area contributed by atoms with Gasteiger partial charge in [0.25, 0.3) is 0 Å². The van der Waals surface area contributed by atoms with Crippen LogP contribution in [0.2, 0.25) is 5.02 Å². The van der Waals surface area contributed by atoms with Crippen molar-refractivity contribution in [2.45, 2.75) is 19.0 Å². The lowest BCUT2D eigenvalue weighted by atomic mass is 10.1. The maximum atomic E-state index is 14.0. The molecule has 32 heavy (non-hydrogen) atoms. The molecule has 0 aliphatic rings. The molecule has 0 aliphatic carbocycles. The van der Waals surface area contributed by atoms with E-state index in [-0.39, 0.29) is 30.1 Å². The van der Waals surface area contributed by atoms with Gasteiger partial charge in [0.1, 0.15) is 11.9 Å². The van der Waals surface area contributed by atoms with E-state index in [0.29, 0.717) is 16.6 Å². The highest BCUT2D eigenvalue weighted by molar-refractivity contribution is 6.30. The first kappa shape index (κ1) is 23.0. The van der Waals surface area contributed by atoms with Gasteiger partial charge in [-0.25, -0.2) is 14.0 Å². The normalized spacial score (nSPS) is 11.7. The van der Waals surface area contributed by atoms with E-state index in [9.17, 15) is 18.8 Å². The number of carbonyl (C=O) groups excluding carboxylic acids is 3. The van der Waals surface area contributed by atoms with E-state index in [1.807, 2.05) is 0 Å². The van der Waals surface area contributed by atoms with E-state index < -0.39 is 29.8 Å². The van der Waals surface area contributed by atoms with Gasteiger partial charge < -0.3 is 27.4 Å². The Kier molecular flexibility index (Phi) is 7.29. The third-order valence-corrected chi connectivity index (χ3v) is 5.05. The number of rotatable bonds is 7. The summed E-state index contributed by atoms with van der Waals surface area (Å²) in [6, 6.07) is 8.99. The molecule has 1 heterocycles. The van der Waals surface area contributed by atoms with Gasteiger partial charge in [-0.15, -0.1) is 0 Å². The number of aromatic nitrogens is 1. The smallest absolute Gasteiger partial charge is 0.323 e. The molecule has 4 amide bonds. The number of para-hydroxylation sites is 1. The van der Waals surface area contributed by atoms with E-state index in [2.05, 4.69) is 16.0 Å². The molecule has 168 valence electrons. The van der Waals surface area contributed by atoms with E-state index in [1.165, 1.54) is 22.9 Å². The standard InChI is InChI=1S/C21H22ClFN6O3/c22-14-6-3-4-12(18(14)23)10-26-19(30)15(8-9-24)27-21(32)28-16-11-29(20(25)31)17-7-2-1-5-13(16)17/h1-7,11,15H,8-10,24H2,(H2,25,31)(H,26,30)(H2,27,28,32)/t15-/m1/s1. The summed E-state index contributed by atoms with van der Waals surface area (Å²) in [5.74, 6) is -1.16. The minimum Gasteiger partial charge on any atom is -0.351 e. The summed E-state index contributed by atoms with van der Waals surface area (Å²) in [6.45, 7) is 0.0204. The molecule has 9 nitrogen and oxygen atoms in total. The van der Waals surface area contributed by atoms with Crippen LogP contribution in [0.4, 0.5) is 19.7 Å². The fourth-order valence-electron chi connectivity index (χ4n) is 3.20. The molecule has 0 aliphatic heterocycles. The van der Waals surface area contributed by atoms with Crippen LogP contribution >= 0.6 is 11.6 Å². The van der Waals surface area contributed by atoms with Crippen LogP contribution in [0.5, 0.6) is 0 Å². The Morgan fingerprint density at radius 1 is 1.12 bits per heavy atom. The molecule has 0 spiro atoms. The lowest BCUT2D eigenvalue weighted by molar-refractivity contribution is -0.123. The summed E-state index contributed by atoms with van der Waals surface area (Å²) in [7, 11) is 0. The molecule has 0 saturated heterocycles. The third kappa shape index (κ3) is 5.16. The maximum Gasteiger partial charge on any atom is 0.323 e. The molecule has 3 aromatic rings. The first-order valence-corrected chi connectivity index (χ1v) is 10.1. The molecule has 7 N–H and O–H groups in total. The molecule has 0 bridgehead atoms. The Labute approximate surface area is 187 Å². The molecule has 0 unspecified atom stereocenters. The van der Waals surface area contributed by atoms with Crippen molar-refractivity contribution >= 4 is 46.2 Å². The molecule has 3 rings (SSSR count). The number of hydrogen-bond acceptors (Lipinski definition) is 4. The number of nitrogens with two attached hydrogens (primary N) is 2. The van der Waals surface area contributed by atoms with Gasteiger partial charge in [0.05, 0.1) is 16.2 Å². The van der Waals surface area contributed by atoms with Crippen molar-refractivity contribution in [1.82, 2.24) is 15.2 Å². The number of halogens is 2. The number of nitrogens with one attached hydrogen (secondary N) is 3. The predicted octanol–water partition coefficient (Wildman–Crippen LogP) is 2.52. The fourth-order valence-corrected chi connectivity index (χ4v) is 3.40. The maximum absolute atomic E-state index is 14.0. The minimum absolute atomic E-state index is 0.0529. The van der Waals surface area contributed by atoms with Crippen LogP contribution in [-0.4, -0.2) is 35.1 Å². The number of hydrogen-bond donors (Lipinski definition) is 5. The van der Waals surface area contributed by atoms with Crippen LogP contribution in [0, 0.1) is 5.82 Å². The number of primary amides is 1. The quantitative estimate of drug-likeness (QED) is 0.369. The zero-order chi connectivity index (χ0) is 23.3. The van der Waals surface area contributed by atoms with Crippen LogP contribution in [0.15, 0.2) is 48.7 Å². The number of fused-ring (bicyclic) bond motifs is 1. The Morgan fingerprint density at radius 3 is 2.59 bits per heavy atom. The number of amides is 4. The summed E-state index contributed by atoms with van der Waals surface area (Å²) in [5, 5.41) is 8.27. The highest BCUT2D eigenvalue weighted by Crippen LogP contribution is 2.25. The van der Waals surface area contributed by atoms with Gasteiger partial charge in [-0.2, -0.15) is 0 Å². The summed E-state index contributed by atoms with van der Waals surface area (Å²) in [5.41, 5.74) is 12.0. The van der Waals surface area contributed by atoms with Gasteiger partial charge in [-0.1, -0.05) is 41.9 Å². The average molecular weight is 461 g/mol. The SMILES string of the molecule is NCC[C@@H](NC(=O)Nc1cn(C(N)=O)c2ccccc12)C(=O)NCc1cccc(Cl)c1F. The number of carbonyl (C=O) groups is 3.